The fourth-order valence-electron chi connectivity index (χ4n) is 4.12. The van der Waals surface area contributed by atoms with Crippen LogP contribution in [0.25, 0.3) is 10.9 Å². The monoisotopic (exact) mass is 495 g/mol. The van der Waals surface area contributed by atoms with E-state index in [0.717, 1.165) is 27.8 Å². The van der Waals surface area contributed by atoms with Crippen LogP contribution < -0.4 is 10.1 Å². The van der Waals surface area contributed by atoms with Crippen molar-refractivity contribution in [3.63, 3.8) is 0 Å². The van der Waals surface area contributed by atoms with Crippen LogP contribution in [0, 0.1) is 13.8 Å². The molecule has 0 saturated carbocycles. The summed E-state index contributed by atoms with van der Waals surface area (Å²) in [6.45, 7) is 9.28. The van der Waals surface area contributed by atoms with E-state index >= 15 is 0 Å². The minimum atomic E-state index is -1.58. The van der Waals surface area contributed by atoms with Gasteiger partial charge in [0.25, 0.3) is 0 Å². The van der Waals surface area contributed by atoms with Crippen molar-refractivity contribution < 1.29 is 33.8 Å². The lowest BCUT2D eigenvalue weighted by Crippen LogP contribution is -2.25. The third kappa shape index (κ3) is 5.22. The SMILES string of the molecule is CCCc1nn(C(=O)C(=O)O)c2ccc(Oc3c(C)cc(NC(=O)C(=O)OCC)cc3C)c(CC)c12. The van der Waals surface area contributed by atoms with Crippen molar-refractivity contribution in [3.8, 4) is 11.5 Å². The first-order valence-electron chi connectivity index (χ1n) is 11.7. The number of anilines is 1. The molecule has 0 saturated heterocycles. The van der Waals surface area contributed by atoms with Gasteiger partial charge < -0.3 is 19.9 Å². The molecule has 3 rings (SSSR count). The maximum atomic E-state index is 12.2. The Balaban J connectivity index is 2.03. The molecule has 3 aromatic rings. The summed E-state index contributed by atoms with van der Waals surface area (Å²) in [5.41, 5.74) is 3.73. The Bertz CT molecular complexity index is 1330. The van der Waals surface area contributed by atoms with E-state index in [0.29, 0.717) is 46.6 Å². The minimum Gasteiger partial charge on any atom is -0.474 e. The molecule has 0 atom stereocenters. The van der Waals surface area contributed by atoms with E-state index in [2.05, 4.69) is 10.4 Å². The zero-order valence-electron chi connectivity index (χ0n) is 20.9. The predicted octanol–water partition coefficient (Wildman–Crippen LogP) is 4.19. The summed E-state index contributed by atoms with van der Waals surface area (Å²) in [6, 6.07) is 6.71. The van der Waals surface area contributed by atoms with Gasteiger partial charge in [-0.15, -0.1) is 0 Å². The van der Waals surface area contributed by atoms with Gasteiger partial charge in [-0.25, -0.2) is 9.59 Å². The highest BCUT2D eigenvalue weighted by molar-refractivity contribution is 6.37. The van der Waals surface area contributed by atoms with Crippen LogP contribution in [0.5, 0.6) is 11.5 Å². The second-order valence-corrected chi connectivity index (χ2v) is 8.22. The zero-order valence-corrected chi connectivity index (χ0v) is 20.9. The van der Waals surface area contributed by atoms with Crippen LogP contribution in [0.3, 0.4) is 0 Å². The highest BCUT2D eigenvalue weighted by Crippen LogP contribution is 2.37. The highest BCUT2D eigenvalue weighted by Gasteiger charge is 2.24. The van der Waals surface area contributed by atoms with Gasteiger partial charge in [-0.1, -0.05) is 20.3 Å². The molecule has 1 aromatic heterocycles. The van der Waals surface area contributed by atoms with Gasteiger partial charge in [-0.3, -0.25) is 9.59 Å². The van der Waals surface area contributed by atoms with E-state index in [1.807, 2.05) is 27.7 Å². The third-order valence-corrected chi connectivity index (χ3v) is 5.59. The maximum absolute atomic E-state index is 12.2. The lowest BCUT2D eigenvalue weighted by molar-refractivity contribution is -0.152. The van der Waals surface area contributed by atoms with Crippen molar-refractivity contribution in [3.05, 3.63) is 46.6 Å². The van der Waals surface area contributed by atoms with Crippen LogP contribution in [-0.4, -0.2) is 45.2 Å². The number of benzene rings is 2. The van der Waals surface area contributed by atoms with E-state index in [-0.39, 0.29) is 6.61 Å². The van der Waals surface area contributed by atoms with Crippen LogP contribution in [-0.2, 0) is 32.0 Å². The number of amides is 1. The maximum Gasteiger partial charge on any atom is 0.397 e. The van der Waals surface area contributed by atoms with E-state index < -0.39 is 23.8 Å². The summed E-state index contributed by atoms with van der Waals surface area (Å²) in [5, 5.41) is 16.8. The minimum absolute atomic E-state index is 0.102. The number of hydrogen-bond donors (Lipinski definition) is 2. The molecule has 190 valence electrons. The summed E-state index contributed by atoms with van der Waals surface area (Å²) < 4.78 is 12.0. The number of carboxylic acid groups (broad SMARTS) is 1. The van der Waals surface area contributed by atoms with Crippen molar-refractivity contribution in [2.45, 2.75) is 53.9 Å². The van der Waals surface area contributed by atoms with Crippen molar-refractivity contribution in [1.82, 2.24) is 9.78 Å². The number of rotatable bonds is 7. The summed E-state index contributed by atoms with van der Waals surface area (Å²) in [5.74, 6) is -3.39. The number of esters is 1. The number of aromatic nitrogens is 2. The number of nitrogens with one attached hydrogen (secondary N) is 1. The molecular formula is C26H29N3O7. The first-order chi connectivity index (χ1) is 17.1. The molecular weight excluding hydrogens is 466 g/mol. The van der Waals surface area contributed by atoms with Gasteiger partial charge in [0.2, 0.25) is 0 Å². The Labute approximate surface area is 208 Å². The molecule has 36 heavy (non-hydrogen) atoms. The Hall–Kier alpha value is -4.21. The Kier molecular flexibility index (Phi) is 8.08. The molecule has 0 aliphatic rings. The van der Waals surface area contributed by atoms with Gasteiger partial charge in [0.15, 0.2) is 0 Å². The number of aliphatic carboxylic acids is 1. The van der Waals surface area contributed by atoms with Gasteiger partial charge in [0, 0.05) is 16.6 Å². The molecule has 1 heterocycles. The first-order valence-corrected chi connectivity index (χ1v) is 11.7. The predicted molar refractivity (Wildman–Crippen MR) is 133 cm³/mol. The average Bonchev–Trinajstić information content (AvgIpc) is 3.19. The fraction of sp³-hybridized carbons (Fsp3) is 0.346. The van der Waals surface area contributed by atoms with Crippen molar-refractivity contribution in [1.29, 1.82) is 0 Å². The Morgan fingerprint density at radius 3 is 2.28 bits per heavy atom. The highest BCUT2D eigenvalue weighted by atomic mass is 16.5. The lowest BCUT2D eigenvalue weighted by Gasteiger charge is -2.17. The molecule has 2 aromatic carbocycles. The largest absolute Gasteiger partial charge is 0.474 e. The molecule has 0 aliphatic carbocycles. The molecule has 0 fully saturated rings. The molecule has 2 N–H and O–H groups in total. The van der Waals surface area contributed by atoms with Gasteiger partial charge in [0.05, 0.1) is 17.8 Å². The summed E-state index contributed by atoms with van der Waals surface area (Å²) in [6.07, 6.45) is 1.89. The number of hydrogen-bond acceptors (Lipinski definition) is 7. The number of aryl methyl sites for hydroxylation is 4. The van der Waals surface area contributed by atoms with Gasteiger partial charge in [0.1, 0.15) is 11.5 Å². The molecule has 1 amide bonds. The fourth-order valence-corrected chi connectivity index (χ4v) is 4.12. The van der Waals surface area contributed by atoms with Crippen molar-refractivity contribution in [2.75, 3.05) is 11.9 Å². The Morgan fingerprint density at radius 1 is 1.06 bits per heavy atom. The van der Waals surface area contributed by atoms with Gasteiger partial charge >= 0.3 is 23.8 Å². The molecule has 0 radical (unpaired) electrons. The molecule has 0 spiro atoms. The van der Waals surface area contributed by atoms with Crippen LogP contribution in [0.1, 0.15) is 54.4 Å². The van der Waals surface area contributed by atoms with E-state index in [1.54, 1.807) is 31.2 Å². The first kappa shape index (κ1) is 26.4. The molecule has 0 bridgehead atoms. The smallest absolute Gasteiger partial charge is 0.397 e. The second kappa shape index (κ2) is 11.0. The summed E-state index contributed by atoms with van der Waals surface area (Å²) >= 11 is 0. The Morgan fingerprint density at radius 2 is 1.72 bits per heavy atom. The summed E-state index contributed by atoms with van der Waals surface area (Å²) in [7, 11) is 0. The van der Waals surface area contributed by atoms with E-state index in [9.17, 15) is 24.3 Å². The van der Waals surface area contributed by atoms with Crippen molar-refractivity contribution in [2.24, 2.45) is 0 Å². The molecule has 0 unspecified atom stereocenters. The van der Waals surface area contributed by atoms with Crippen LogP contribution in [0.4, 0.5) is 5.69 Å². The third-order valence-electron chi connectivity index (χ3n) is 5.59. The van der Waals surface area contributed by atoms with Crippen LogP contribution in [0.15, 0.2) is 24.3 Å². The number of carbonyl (C=O) groups is 4. The van der Waals surface area contributed by atoms with Crippen LogP contribution in [0.2, 0.25) is 0 Å². The zero-order chi connectivity index (χ0) is 26.6. The standard InChI is InChI=1S/C26H29N3O7/c1-6-9-18-21-17(7-2)20(11-10-19(21)29(28-18)24(31)25(32)33)36-22-14(4)12-16(13-15(22)5)27-23(30)26(34)35-8-3/h10-13H,6-9H2,1-5H3,(H,27,30)(H,32,33). The molecule has 10 heteroatoms. The van der Waals surface area contributed by atoms with E-state index in [4.69, 9.17) is 9.47 Å². The second-order valence-electron chi connectivity index (χ2n) is 8.22. The number of carboxylic acids is 1. The van der Waals surface area contributed by atoms with Gasteiger partial charge in [-0.2, -0.15) is 9.78 Å². The lowest BCUT2D eigenvalue weighted by atomic mass is 10.0. The van der Waals surface area contributed by atoms with Crippen molar-refractivity contribution >= 4 is 40.3 Å². The number of nitrogens with zero attached hydrogens (tertiary/aromatic N) is 2. The van der Waals surface area contributed by atoms with Crippen LogP contribution >= 0.6 is 0 Å². The number of fused-ring (bicyclic) bond motifs is 1. The quantitative estimate of drug-likeness (QED) is 0.368. The molecule has 10 nitrogen and oxygen atoms in total. The molecule has 0 aliphatic heterocycles. The average molecular weight is 496 g/mol. The normalized spacial score (nSPS) is 10.8. The van der Waals surface area contributed by atoms with E-state index in [1.165, 1.54) is 0 Å². The van der Waals surface area contributed by atoms with Gasteiger partial charge in [-0.05, 0) is 69.0 Å². The topological polar surface area (TPSA) is 137 Å². The number of carbonyl (C=O) groups excluding carboxylic acids is 3. The summed E-state index contributed by atoms with van der Waals surface area (Å²) in [4.78, 5) is 47.2. The number of ether oxygens (including phenoxy) is 2.